The maximum atomic E-state index is 14.4. The maximum absolute atomic E-state index is 14.4. The van der Waals surface area contributed by atoms with E-state index in [9.17, 15) is 17.2 Å². The van der Waals surface area contributed by atoms with E-state index in [1.54, 1.807) is 13.0 Å². The van der Waals surface area contributed by atoms with Gasteiger partial charge in [-0.2, -0.15) is 0 Å². The minimum absolute atomic E-state index is 0.0819. The molecule has 0 bridgehead atoms. The summed E-state index contributed by atoms with van der Waals surface area (Å²) in [5, 5.41) is 0. The molecule has 0 aliphatic heterocycles. The Labute approximate surface area is 161 Å². The lowest BCUT2D eigenvalue weighted by Gasteiger charge is -2.15. The summed E-state index contributed by atoms with van der Waals surface area (Å²) in [7, 11) is -3.53. The Hall–Kier alpha value is -2.94. The maximum Gasteiger partial charge on any atom is 0.229 e. The van der Waals surface area contributed by atoms with Gasteiger partial charge in [0, 0.05) is 17.3 Å². The summed E-state index contributed by atoms with van der Waals surface area (Å²) in [5.74, 6) is -1.51. The number of rotatable bonds is 5. The van der Waals surface area contributed by atoms with Crippen LogP contribution < -0.4 is 4.72 Å². The topological polar surface area (TPSA) is 84.8 Å². The Bertz CT molecular complexity index is 1130. The summed E-state index contributed by atoms with van der Waals surface area (Å²) in [4.78, 5) is 12.6. The number of sulfonamides is 1. The molecule has 3 rings (SSSR count). The first-order valence-electron chi connectivity index (χ1n) is 8.44. The molecule has 0 unspecified atom stereocenters. The monoisotopic (exact) mass is 404 g/mol. The molecule has 0 fully saturated rings. The van der Waals surface area contributed by atoms with Crippen LogP contribution in [0, 0.1) is 18.6 Å². The highest BCUT2D eigenvalue weighted by Crippen LogP contribution is 2.36. The molecule has 2 heterocycles. The molecule has 0 radical (unpaired) electrons. The molecular formula is C19H18F2N4O2S. The summed E-state index contributed by atoms with van der Waals surface area (Å²) < 4.78 is 54.5. The third kappa shape index (κ3) is 3.99. The van der Waals surface area contributed by atoms with Gasteiger partial charge in [0.1, 0.15) is 18.0 Å². The fraction of sp³-hybridized carbons (Fsp3) is 0.211. The summed E-state index contributed by atoms with van der Waals surface area (Å²) >= 11 is 0. The van der Waals surface area contributed by atoms with Gasteiger partial charge in [0.05, 0.1) is 34.6 Å². The van der Waals surface area contributed by atoms with Gasteiger partial charge in [0.2, 0.25) is 10.0 Å². The summed E-state index contributed by atoms with van der Waals surface area (Å²) in [5.41, 5.74) is 1.95. The van der Waals surface area contributed by atoms with Gasteiger partial charge < -0.3 is 0 Å². The predicted octanol–water partition coefficient (Wildman–Crippen LogP) is 3.73. The SMILES string of the molecule is CCc1ncnc(-c2c(F)cccc2F)c1-c1cnc(C)c(NS(C)(=O)=O)c1. The summed E-state index contributed by atoms with van der Waals surface area (Å²) in [6.45, 7) is 3.50. The summed E-state index contributed by atoms with van der Waals surface area (Å²) in [6, 6.07) is 5.14. The first-order chi connectivity index (χ1) is 13.2. The fourth-order valence-electron chi connectivity index (χ4n) is 2.88. The largest absolute Gasteiger partial charge is 0.282 e. The molecule has 0 aliphatic rings. The van der Waals surface area contributed by atoms with Crippen molar-refractivity contribution < 1.29 is 17.2 Å². The minimum Gasteiger partial charge on any atom is -0.282 e. The van der Waals surface area contributed by atoms with Crippen molar-refractivity contribution in [2.45, 2.75) is 20.3 Å². The van der Waals surface area contributed by atoms with Gasteiger partial charge >= 0.3 is 0 Å². The minimum atomic E-state index is -3.53. The van der Waals surface area contributed by atoms with Gasteiger partial charge in [-0.15, -0.1) is 0 Å². The average molecular weight is 404 g/mol. The second-order valence-corrected chi connectivity index (χ2v) is 7.97. The molecule has 0 saturated carbocycles. The number of hydrogen-bond acceptors (Lipinski definition) is 5. The van der Waals surface area contributed by atoms with Crippen molar-refractivity contribution in [3.8, 4) is 22.4 Å². The number of nitrogens with zero attached hydrogens (tertiary/aromatic N) is 3. The molecule has 0 atom stereocenters. The van der Waals surface area contributed by atoms with E-state index in [1.807, 2.05) is 6.92 Å². The van der Waals surface area contributed by atoms with Crippen molar-refractivity contribution >= 4 is 15.7 Å². The Morgan fingerprint density at radius 3 is 2.36 bits per heavy atom. The van der Waals surface area contributed by atoms with Crippen LogP contribution in [0.4, 0.5) is 14.5 Å². The molecule has 0 aliphatic carbocycles. The fourth-order valence-corrected chi connectivity index (χ4v) is 3.49. The van der Waals surface area contributed by atoms with Crippen LogP contribution in [0.2, 0.25) is 0 Å². The molecule has 9 heteroatoms. The van der Waals surface area contributed by atoms with Crippen LogP contribution in [0.25, 0.3) is 22.4 Å². The number of anilines is 1. The molecule has 1 aromatic carbocycles. The van der Waals surface area contributed by atoms with E-state index in [-0.39, 0.29) is 16.9 Å². The van der Waals surface area contributed by atoms with Crippen LogP contribution in [0.1, 0.15) is 18.3 Å². The number of halogens is 2. The van der Waals surface area contributed by atoms with Crippen molar-refractivity contribution in [3.63, 3.8) is 0 Å². The van der Waals surface area contributed by atoms with E-state index in [0.29, 0.717) is 28.9 Å². The molecule has 146 valence electrons. The van der Waals surface area contributed by atoms with E-state index in [1.165, 1.54) is 18.6 Å². The first kappa shape index (κ1) is 19.8. The Kier molecular flexibility index (Phi) is 5.37. The second-order valence-electron chi connectivity index (χ2n) is 6.23. The van der Waals surface area contributed by atoms with Gasteiger partial charge in [-0.05, 0) is 31.5 Å². The van der Waals surface area contributed by atoms with Crippen molar-refractivity contribution in [1.82, 2.24) is 15.0 Å². The number of aromatic nitrogens is 3. The molecule has 0 amide bonds. The number of aryl methyl sites for hydroxylation is 2. The molecule has 28 heavy (non-hydrogen) atoms. The van der Waals surface area contributed by atoms with Crippen LogP contribution in [-0.2, 0) is 16.4 Å². The van der Waals surface area contributed by atoms with Crippen molar-refractivity contribution in [3.05, 3.63) is 59.8 Å². The Morgan fingerprint density at radius 2 is 1.75 bits per heavy atom. The standard InChI is InChI=1S/C19H18F2N4O2S/c1-4-15-17(12-8-16(11(2)22-9-12)25-28(3,26)27)19(24-10-23-15)18-13(20)6-5-7-14(18)21/h5-10,25H,4H2,1-3H3. The lowest BCUT2D eigenvalue weighted by atomic mass is 9.96. The van der Waals surface area contributed by atoms with Crippen LogP contribution in [0.5, 0.6) is 0 Å². The zero-order valence-corrected chi connectivity index (χ0v) is 16.3. The van der Waals surface area contributed by atoms with Crippen LogP contribution in [0.3, 0.4) is 0 Å². The molecule has 0 spiro atoms. The highest BCUT2D eigenvalue weighted by Gasteiger charge is 2.21. The van der Waals surface area contributed by atoms with Gasteiger partial charge in [0.25, 0.3) is 0 Å². The third-order valence-corrected chi connectivity index (χ3v) is 4.72. The van der Waals surface area contributed by atoms with Crippen molar-refractivity contribution in [2.75, 3.05) is 11.0 Å². The van der Waals surface area contributed by atoms with Crippen LogP contribution >= 0.6 is 0 Å². The number of benzene rings is 1. The van der Waals surface area contributed by atoms with E-state index < -0.39 is 21.7 Å². The van der Waals surface area contributed by atoms with Gasteiger partial charge in [0.15, 0.2) is 0 Å². The van der Waals surface area contributed by atoms with E-state index in [0.717, 1.165) is 18.4 Å². The normalized spacial score (nSPS) is 11.5. The number of hydrogen-bond donors (Lipinski definition) is 1. The molecule has 2 aromatic heterocycles. The average Bonchev–Trinajstić information content (AvgIpc) is 2.62. The van der Waals surface area contributed by atoms with Crippen LogP contribution in [0.15, 0.2) is 36.8 Å². The van der Waals surface area contributed by atoms with Gasteiger partial charge in [-0.3, -0.25) is 9.71 Å². The van der Waals surface area contributed by atoms with E-state index in [2.05, 4.69) is 19.7 Å². The van der Waals surface area contributed by atoms with Crippen molar-refractivity contribution in [1.29, 1.82) is 0 Å². The lowest BCUT2D eigenvalue weighted by molar-refractivity contribution is 0.588. The number of pyridine rings is 1. The quantitative estimate of drug-likeness (QED) is 0.700. The highest BCUT2D eigenvalue weighted by atomic mass is 32.2. The highest BCUT2D eigenvalue weighted by molar-refractivity contribution is 7.92. The van der Waals surface area contributed by atoms with Crippen LogP contribution in [-0.4, -0.2) is 29.6 Å². The smallest absolute Gasteiger partial charge is 0.229 e. The zero-order chi connectivity index (χ0) is 20.5. The molecule has 6 nitrogen and oxygen atoms in total. The van der Waals surface area contributed by atoms with Gasteiger partial charge in [-0.25, -0.2) is 27.2 Å². The van der Waals surface area contributed by atoms with E-state index >= 15 is 0 Å². The molecule has 1 N–H and O–H groups in total. The third-order valence-electron chi connectivity index (χ3n) is 4.13. The molecular weight excluding hydrogens is 386 g/mol. The first-order valence-corrected chi connectivity index (χ1v) is 10.3. The zero-order valence-electron chi connectivity index (χ0n) is 15.5. The lowest BCUT2D eigenvalue weighted by Crippen LogP contribution is -2.11. The molecule has 0 saturated heterocycles. The Balaban J connectivity index is 2.30. The van der Waals surface area contributed by atoms with E-state index in [4.69, 9.17) is 0 Å². The second kappa shape index (κ2) is 7.59. The summed E-state index contributed by atoms with van der Waals surface area (Å²) in [6.07, 6.45) is 4.26. The van der Waals surface area contributed by atoms with Gasteiger partial charge in [-0.1, -0.05) is 13.0 Å². The Morgan fingerprint density at radius 1 is 1.07 bits per heavy atom. The predicted molar refractivity (Wildman–Crippen MR) is 103 cm³/mol. The number of nitrogens with one attached hydrogen (secondary N) is 1. The van der Waals surface area contributed by atoms with Crippen molar-refractivity contribution in [2.24, 2.45) is 0 Å². The molecule has 3 aromatic rings.